The third-order valence-corrected chi connectivity index (χ3v) is 2.86. The van der Waals surface area contributed by atoms with Gasteiger partial charge in [-0.15, -0.1) is 0 Å². The molecular formula is C13H17ClO3. The molecule has 0 aromatic heterocycles. The highest BCUT2D eigenvalue weighted by Gasteiger charge is 2.15. The first-order chi connectivity index (χ1) is 8.15. The molecule has 0 amide bonds. The van der Waals surface area contributed by atoms with Gasteiger partial charge in [-0.3, -0.25) is 4.79 Å². The average Bonchev–Trinajstić information content (AvgIpc) is 2.36. The van der Waals surface area contributed by atoms with Gasteiger partial charge in [-0.1, -0.05) is 25.4 Å². The van der Waals surface area contributed by atoms with Crippen molar-refractivity contribution in [1.82, 2.24) is 0 Å². The summed E-state index contributed by atoms with van der Waals surface area (Å²) in [4.78, 5) is 10.7. The smallest absolute Gasteiger partial charge is 0.180 e. The Morgan fingerprint density at radius 3 is 2.47 bits per heavy atom. The molecule has 0 unspecified atom stereocenters. The van der Waals surface area contributed by atoms with Crippen LogP contribution >= 0.6 is 11.6 Å². The van der Waals surface area contributed by atoms with E-state index in [0.29, 0.717) is 22.1 Å². The van der Waals surface area contributed by atoms with E-state index in [-0.39, 0.29) is 6.10 Å². The van der Waals surface area contributed by atoms with Gasteiger partial charge in [0, 0.05) is 5.56 Å². The summed E-state index contributed by atoms with van der Waals surface area (Å²) < 4.78 is 11.0. The summed E-state index contributed by atoms with van der Waals surface area (Å²) in [6.07, 6.45) is 2.62. The molecule has 0 bridgehead atoms. The molecule has 0 fully saturated rings. The van der Waals surface area contributed by atoms with Crippen molar-refractivity contribution in [3.8, 4) is 11.5 Å². The molecule has 0 atom stereocenters. The van der Waals surface area contributed by atoms with Crippen molar-refractivity contribution in [2.24, 2.45) is 0 Å². The second-order valence-corrected chi connectivity index (χ2v) is 4.12. The highest BCUT2D eigenvalue weighted by molar-refractivity contribution is 6.32. The molecule has 3 nitrogen and oxygen atoms in total. The predicted octanol–water partition coefficient (Wildman–Crippen LogP) is 3.73. The van der Waals surface area contributed by atoms with Crippen LogP contribution in [0.4, 0.5) is 0 Å². The molecule has 0 radical (unpaired) electrons. The maximum Gasteiger partial charge on any atom is 0.180 e. The molecule has 0 saturated heterocycles. The molecule has 94 valence electrons. The molecule has 1 aromatic carbocycles. The molecule has 0 spiro atoms. The first kappa shape index (κ1) is 13.8. The van der Waals surface area contributed by atoms with Crippen LogP contribution in [0.1, 0.15) is 37.0 Å². The van der Waals surface area contributed by atoms with E-state index in [9.17, 15) is 4.79 Å². The predicted molar refractivity (Wildman–Crippen MR) is 68.4 cm³/mol. The number of aldehydes is 1. The Morgan fingerprint density at radius 1 is 1.35 bits per heavy atom. The molecule has 17 heavy (non-hydrogen) atoms. The van der Waals surface area contributed by atoms with Crippen molar-refractivity contribution in [3.63, 3.8) is 0 Å². The second kappa shape index (κ2) is 6.50. The fourth-order valence-corrected chi connectivity index (χ4v) is 1.81. The van der Waals surface area contributed by atoms with E-state index < -0.39 is 0 Å². The fraction of sp³-hybridized carbons (Fsp3) is 0.462. The minimum atomic E-state index is 0.100. The van der Waals surface area contributed by atoms with E-state index in [1.54, 1.807) is 12.1 Å². The maximum absolute atomic E-state index is 10.7. The van der Waals surface area contributed by atoms with Gasteiger partial charge in [-0.2, -0.15) is 0 Å². The first-order valence-electron chi connectivity index (χ1n) is 5.65. The molecule has 0 aliphatic carbocycles. The van der Waals surface area contributed by atoms with Crippen LogP contribution in [0.2, 0.25) is 5.02 Å². The maximum atomic E-state index is 10.7. The highest BCUT2D eigenvalue weighted by Crippen LogP contribution is 2.37. The van der Waals surface area contributed by atoms with E-state index in [0.717, 1.165) is 19.1 Å². The number of rotatable bonds is 6. The Bertz CT molecular complexity index is 386. The van der Waals surface area contributed by atoms with Crippen LogP contribution in [-0.2, 0) is 0 Å². The Balaban J connectivity index is 3.08. The first-order valence-corrected chi connectivity index (χ1v) is 6.03. The quantitative estimate of drug-likeness (QED) is 0.728. The van der Waals surface area contributed by atoms with Gasteiger partial charge in [0.05, 0.1) is 18.2 Å². The van der Waals surface area contributed by atoms with Crippen molar-refractivity contribution in [3.05, 3.63) is 22.7 Å². The standard InChI is InChI=1S/C13H17ClO3/c1-4-10(5-2)17-13-11(14)6-9(8-15)7-12(13)16-3/h6-8,10H,4-5H2,1-3H3. The van der Waals surface area contributed by atoms with Gasteiger partial charge < -0.3 is 9.47 Å². The molecule has 4 heteroatoms. The molecule has 1 aromatic rings. The van der Waals surface area contributed by atoms with Crippen LogP contribution in [0, 0.1) is 0 Å². The number of hydrogen-bond donors (Lipinski definition) is 0. The van der Waals surface area contributed by atoms with Crippen molar-refractivity contribution < 1.29 is 14.3 Å². The van der Waals surface area contributed by atoms with Gasteiger partial charge in [0.25, 0.3) is 0 Å². The van der Waals surface area contributed by atoms with E-state index in [2.05, 4.69) is 0 Å². The summed E-state index contributed by atoms with van der Waals surface area (Å²) >= 11 is 6.09. The Labute approximate surface area is 107 Å². The fourth-order valence-electron chi connectivity index (χ4n) is 1.54. The lowest BCUT2D eigenvalue weighted by molar-refractivity contribution is 0.112. The van der Waals surface area contributed by atoms with Gasteiger partial charge in [0.1, 0.15) is 6.29 Å². The van der Waals surface area contributed by atoms with Gasteiger partial charge in [0.2, 0.25) is 0 Å². The van der Waals surface area contributed by atoms with Crippen molar-refractivity contribution in [2.45, 2.75) is 32.8 Å². The summed E-state index contributed by atoms with van der Waals surface area (Å²) in [6.45, 7) is 4.10. The molecule has 0 heterocycles. The largest absolute Gasteiger partial charge is 0.493 e. The molecular weight excluding hydrogens is 240 g/mol. The number of benzene rings is 1. The number of methoxy groups -OCH3 is 1. The van der Waals surface area contributed by atoms with Crippen LogP contribution in [-0.4, -0.2) is 19.5 Å². The van der Waals surface area contributed by atoms with E-state index in [1.807, 2.05) is 13.8 Å². The normalized spacial score (nSPS) is 10.4. The summed E-state index contributed by atoms with van der Waals surface area (Å²) in [6, 6.07) is 3.20. The lowest BCUT2D eigenvalue weighted by Crippen LogP contribution is -2.14. The zero-order chi connectivity index (χ0) is 12.8. The molecule has 1 rings (SSSR count). The third kappa shape index (κ3) is 3.37. The number of halogens is 1. The van der Waals surface area contributed by atoms with E-state index >= 15 is 0 Å². The van der Waals surface area contributed by atoms with Gasteiger partial charge in [0.15, 0.2) is 11.5 Å². The minimum Gasteiger partial charge on any atom is -0.493 e. The van der Waals surface area contributed by atoms with Gasteiger partial charge in [-0.05, 0) is 25.0 Å². The lowest BCUT2D eigenvalue weighted by atomic mass is 10.2. The zero-order valence-corrected chi connectivity index (χ0v) is 11.1. The second-order valence-electron chi connectivity index (χ2n) is 3.71. The van der Waals surface area contributed by atoms with Crippen LogP contribution in [0.25, 0.3) is 0 Å². The molecule has 0 N–H and O–H groups in total. The van der Waals surface area contributed by atoms with E-state index in [1.165, 1.54) is 7.11 Å². The number of ether oxygens (including phenoxy) is 2. The van der Waals surface area contributed by atoms with Crippen molar-refractivity contribution in [1.29, 1.82) is 0 Å². The third-order valence-electron chi connectivity index (χ3n) is 2.58. The Morgan fingerprint density at radius 2 is 2.00 bits per heavy atom. The van der Waals surface area contributed by atoms with E-state index in [4.69, 9.17) is 21.1 Å². The number of carbonyl (C=O) groups is 1. The topological polar surface area (TPSA) is 35.5 Å². The summed E-state index contributed by atoms with van der Waals surface area (Å²) in [5.41, 5.74) is 0.476. The van der Waals surface area contributed by atoms with Crippen LogP contribution in [0.5, 0.6) is 11.5 Å². The van der Waals surface area contributed by atoms with Gasteiger partial charge in [-0.25, -0.2) is 0 Å². The minimum absolute atomic E-state index is 0.100. The van der Waals surface area contributed by atoms with Crippen molar-refractivity contribution in [2.75, 3.05) is 7.11 Å². The summed E-state index contributed by atoms with van der Waals surface area (Å²) in [5, 5.41) is 0.401. The molecule has 0 aliphatic rings. The zero-order valence-electron chi connectivity index (χ0n) is 10.3. The Hall–Kier alpha value is -1.22. The highest BCUT2D eigenvalue weighted by atomic mass is 35.5. The van der Waals surface area contributed by atoms with Crippen LogP contribution < -0.4 is 9.47 Å². The number of carbonyl (C=O) groups excluding carboxylic acids is 1. The average molecular weight is 257 g/mol. The molecule has 0 saturated carbocycles. The molecule has 0 aliphatic heterocycles. The van der Waals surface area contributed by atoms with Crippen LogP contribution in [0.15, 0.2) is 12.1 Å². The number of hydrogen-bond acceptors (Lipinski definition) is 3. The summed E-state index contributed by atoms with van der Waals surface area (Å²) in [5.74, 6) is 1.000. The SMILES string of the molecule is CCC(CC)Oc1c(Cl)cc(C=O)cc1OC. The van der Waals surface area contributed by atoms with Gasteiger partial charge >= 0.3 is 0 Å². The van der Waals surface area contributed by atoms with Crippen LogP contribution in [0.3, 0.4) is 0 Å². The lowest BCUT2D eigenvalue weighted by Gasteiger charge is -2.19. The summed E-state index contributed by atoms with van der Waals surface area (Å²) in [7, 11) is 1.53. The monoisotopic (exact) mass is 256 g/mol. The van der Waals surface area contributed by atoms with Crippen molar-refractivity contribution >= 4 is 17.9 Å². The Kier molecular flexibility index (Phi) is 5.29.